The van der Waals surface area contributed by atoms with Crippen molar-refractivity contribution < 1.29 is 40.3 Å². The Morgan fingerprint density at radius 2 is 1.80 bits per heavy atom. The van der Waals surface area contributed by atoms with E-state index in [1.807, 2.05) is 0 Å². The Hall–Kier alpha value is -4.40. The van der Waals surface area contributed by atoms with Crippen LogP contribution in [0.3, 0.4) is 0 Å². The second-order valence-corrected chi connectivity index (χ2v) is 8.86. The molecule has 2 heterocycles. The van der Waals surface area contributed by atoms with Gasteiger partial charge in [0.15, 0.2) is 0 Å². The van der Waals surface area contributed by atoms with E-state index < -0.39 is 52.6 Å². The molecule has 2 aromatic carbocycles. The minimum atomic E-state index is -5.17. The van der Waals surface area contributed by atoms with E-state index in [-0.39, 0.29) is 37.7 Å². The highest BCUT2D eigenvalue weighted by molar-refractivity contribution is 6.00. The molecule has 1 aliphatic rings. The third kappa shape index (κ3) is 6.42. The van der Waals surface area contributed by atoms with Crippen LogP contribution in [0.1, 0.15) is 45.0 Å². The van der Waals surface area contributed by atoms with Crippen molar-refractivity contribution in [2.45, 2.75) is 31.1 Å². The molecule has 0 fully saturated rings. The molecule has 40 heavy (non-hydrogen) atoms. The number of nitrogens with one attached hydrogen (secondary N) is 1. The molecule has 0 saturated carbocycles. The molecule has 208 valence electrons. The van der Waals surface area contributed by atoms with Gasteiger partial charge in [0, 0.05) is 18.1 Å². The highest BCUT2D eigenvalue weighted by Gasteiger charge is 2.42. The van der Waals surface area contributed by atoms with Gasteiger partial charge < -0.3 is 5.32 Å². The van der Waals surface area contributed by atoms with Gasteiger partial charge in [0.05, 0.1) is 35.7 Å². The number of fused-ring (bicyclic) bond motifs is 1. The van der Waals surface area contributed by atoms with Gasteiger partial charge in [-0.05, 0) is 66.4 Å². The lowest BCUT2D eigenvalue weighted by atomic mass is 9.88. The van der Waals surface area contributed by atoms with Crippen LogP contribution >= 0.6 is 0 Å². The summed E-state index contributed by atoms with van der Waals surface area (Å²) in [5.74, 6) is 1.96. The molecule has 1 atom stereocenters. The van der Waals surface area contributed by atoms with Crippen LogP contribution in [-0.2, 0) is 23.6 Å². The molecule has 0 aliphatic carbocycles. The Kier molecular flexibility index (Phi) is 8.13. The molecule has 1 N–H and O–H groups in total. The van der Waals surface area contributed by atoms with Crippen LogP contribution in [0.15, 0.2) is 60.9 Å². The summed E-state index contributed by atoms with van der Waals surface area (Å²) in [7, 11) is 0. The van der Waals surface area contributed by atoms with Gasteiger partial charge in [-0.15, -0.1) is 0 Å². The van der Waals surface area contributed by atoms with Crippen LogP contribution in [0.4, 0.5) is 36.4 Å². The van der Waals surface area contributed by atoms with Crippen LogP contribution in [0.5, 0.6) is 0 Å². The van der Waals surface area contributed by atoms with Crippen molar-refractivity contribution in [3.8, 4) is 11.8 Å². The van der Waals surface area contributed by atoms with Crippen molar-refractivity contribution >= 4 is 17.5 Å². The molecule has 1 aromatic heterocycles. The molecule has 2 amide bonds. The summed E-state index contributed by atoms with van der Waals surface area (Å²) in [6.07, 6.45) is -7.55. The number of benzene rings is 2. The molecule has 5 nitrogen and oxygen atoms in total. The average Bonchev–Trinajstić information content (AvgIpc) is 3.03. The summed E-state index contributed by atoms with van der Waals surface area (Å²) in [6.45, 7) is -0.439. The van der Waals surface area contributed by atoms with E-state index >= 15 is 0 Å². The van der Waals surface area contributed by atoms with Crippen molar-refractivity contribution in [3.05, 3.63) is 94.6 Å². The first-order chi connectivity index (χ1) is 18.9. The van der Waals surface area contributed by atoms with Crippen LogP contribution < -0.4 is 10.2 Å². The lowest BCUT2D eigenvalue weighted by Gasteiger charge is -2.26. The van der Waals surface area contributed by atoms with Crippen LogP contribution in [0.25, 0.3) is 0 Å². The second kappa shape index (κ2) is 11.4. The minimum absolute atomic E-state index is 0.00457. The topological polar surface area (TPSA) is 62.3 Å². The predicted molar refractivity (Wildman–Crippen MR) is 131 cm³/mol. The summed E-state index contributed by atoms with van der Waals surface area (Å²) in [5, 5.41) is 2.54. The van der Waals surface area contributed by atoms with E-state index in [9.17, 15) is 40.3 Å². The number of nitrogens with zero attached hydrogens (tertiary/aromatic N) is 2. The fourth-order valence-corrected chi connectivity index (χ4v) is 4.40. The number of anilines is 1. The smallest absolute Gasteiger partial charge is 0.341 e. The number of aryl methyl sites for hydroxylation is 1. The molecule has 12 heteroatoms. The van der Waals surface area contributed by atoms with Gasteiger partial charge in [0.2, 0.25) is 5.91 Å². The number of amides is 2. The van der Waals surface area contributed by atoms with Crippen molar-refractivity contribution in [3.63, 3.8) is 0 Å². The maximum absolute atomic E-state index is 14.0. The molecule has 0 saturated heterocycles. The van der Waals surface area contributed by atoms with Crippen molar-refractivity contribution in [2.24, 2.45) is 0 Å². The normalized spacial score (nSPS) is 15.5. The number of aromatic nitrogens is 1. The zero-order valence-electron chi connectivity index (χ0n) is 20.5. The third-order valence-electron chi connectivity index (χ3n) is 6.28. The molecule has 0 radical (unpaired) electrons. The third-order valence-corrected chi connectivity index (χ3v) is 6.28. The Morgan fingerprint density at radius 1 is 1.02 bits per heavy atom. The van der Waals surface area contributed by atoms with E-state index in [2.05, 4.69) is 22.1 Å². The van der Waals surface area contributed by atoms with E-state index in [4.69, 9.17) is 0 Å². The molecule has 3 aromatic rings. The highest BCUT2D eigenvalue weighted by Crippen LogP contribution is 2.42. The largest absolute Gasteiger partial charge is 0.416 e. The second-order valence-electron chi connectivity index (χ2n) is 8.86. The summed E-state index contributed by atoms with van der Waals surface area (Å²) >= 11 is 0. The van der Waals surface area contributed by atoms with E-state index in [1.54, 1.807) is 6.07 Å². The van der Waals surface area contributed by atoms with Gasteiger partial charge in [-0.3, -0.25) is 19.5 Å². The number of alkyl halides is 6. The fourth-order valence-electron chi connectivity index (χ4n) is 4.40. The summed E-state index contributed by atoms with van der Waals surface area (Å²) in [6, 6.07) is 7.81. The van der Waals surface area contributed by atoms with Gasteiger partial charge in [0.1, 0.15) is 5.82 Å². The monoisotopic (exact) mass is 563 g/mol. The molecule has 1 unspecified atom stereocenters. The standard InChI is InChI=1S/C28H20F7N3O2/c29-20-7-10-24-17(14-20)5-8-22(21-9-6-19(27(30,31)32)15-23(21)28(33,34)35)26(40)38(24)13-2-1-12-37-25(39)18-4-3-11-36-16-18/h3-4,6-7,9-11,14-16,22H,5,8,12-13H2,(H,37,39). The maximum atomic E-state index is 14.0. The SMILES string of the molecule is O=C(NCC#CCN1C(=O)C(c2ccc(C(F)(F)F)cc2C(F)(F)F)CCc2cc(F)ccc21)c1cccnc1. The molecular weight excluding hydrogens is 543 g/mol. The Morgan fingerprint density at radius 3 is 2.48 bits per heavy atom. The molecule has 1 aliphatic heterocycles. The van der Waals surface area contributed by atoms with Crippen LogP contribution in [0.2, 0.25) is 0 Å². The van der Waals surface area contributed by atoms with Crippen molar-refractivity contribution in [1.82, 2.24) is 10.3 Å². The van der Waals surface area contributed by atoms with E-state index in [0.717, 1.165) is 17.0 Å². The first kappa shape index (κ1) is 28.6. The number of hydrogen-bond acceptors (Lipinski definition) is 3. The van der Waals surface area contributed by atoms with E-state index in [1.165, 1.54) is 24.5 Å². The summed E-state index contributed by atoms with van der Waals surface area (Å²) in [5.41, 5.74) is -2.82. The number of halogens is 7. The highest BCUT2D eigenvalue weighted by atomic mass is 19.4. The molecular formula is C28H20F7N3O2. The first-order valence-corrected chi connectivity index (χ1v) is 11.9. The van der Waals surface area contributed by atoms with Gasteiger partial charge in [-0.2, -0.15) is 26.3 Å². The lowest BCUT2D eigenvalue weighted by molar-refractivity contribution is -0.143. The van der Waals surface area contributed by atoms with Crippen LogP contribution in [-0.4, -0.2) is 29.9 Å². The number of pyridine rings is 1. The molecule has 4 rings (SSSR count). The lowest BCUT2D eigenvalue weighted by Crippen LogP contribution is -2.35. The summed E-state index contributed by atoms with van der Waals surface area (Å²) in [4.78, 5) is 30.6. The first-order valence-electron chi connectivity index (χ1n) is 11.9. The molecule has 0 spiro atoms. The van der Waals surface area contributed by atoms with Crippen molar-refractivity contribution in [1.29, 1.82) is 0 Å². The zero-order chi connectivity index (χ0) is 29.1. The minimum Gasteiger partial charge on any atom is -0.341 e. The zero-order valence-corrected chi connectivity index (χ0v) is 20.5. The number of rotatable bonds is 4. The number of carbonyl (C=O) groups excluding carboxylic acids is 2. The maximum Gasteiger partial charge on any atom is 0.416 e. The quantitative estimate of drug-likeness (QED) is 0.325. The van der Waals surface area contributed by atoms with E-state index in [0.29, 0.717) is 23.3 Å². The Balaban J connectivity index is 1.64. The average molecular weight is 563 g/mol. The van der Waals surface area contributed by atoms with Gasteiger partial charge in [0.25, 0.3) is 5.91 Å². The van der Waals surface area contributed by atoms with Gasteiger partial charge in [-0.1, -0.05) is 17.9 Å². The summed E-state index contributed by atoms with van der Waals surface area (Å²) < 4.78 is 95.2. The van der Waals surface area contributed by atoms with Gasteiger partial charge >= 0.3 is 12.4 Å². The molecule has 0 bridgehead atoms. The Bertz CT molecular complexity index is 1480. The van der Waals surface area contributed by atoms with Crippen LogP contribution in [0, 0.1) is 17.7 Å². The fraction of sp³-hybridized carbons (Fsp3) is 0.250. The predicted octanol–water partition coefficient (Wildman–Crippen LogP) is 5.75. The number of carbonyl (C=O) groups is 2. The number of hydrogen-bond donors (Lipinski definition) is 1. The van der Waals surface area contributed by atoms with Gasteiger partial charge in [-0.25, -0.2) is 4.39 Å². The van der Waals surface area contributed by atoms with Crippen molar-refractivity contribution in [2.75, 3.05) is 18.0 Å². The Labute approximate surface area is 224 Å².